The second kappa shape index (κ2) is 9.19. The van der Waals surface area contributed by atoms with Gasteiger partial charge < -0.3 is 9.47 Å². The van der Waals surface area contributed by atoms with E-state index in [0.717, 1.165) is 6.42 Å². The maximum Gasteiger partial charge on any atom is 0.308 e. The number of esters is 2. The predicted molar refractivity (Wildman–Crippen MR) is 60.9 cm³/mol. The Balaban J connectivity index is 3.78. The zero-order valence-corrected chi connectivity index (χ0v) is 10.5. The Morgan fingerprint density at radius 3 is 2.19 bits per heavy atom. The predicted octanol–water partition coefficient (Wildman–Crippen LogP) is 2.31. The van der Waals surface area contributed by atoms with Crippen LogP contribution in [-0.2, 0) is 19.1 Å². The average molecular weight is 230 g/mol. The van der Waals surface area contributed by atoms with Gasteiger partial charge in [-0.15, -0.1) is 0 Å². The Morgan fingerprint density at radius 2 is 1.69 bits per heavy atom. The van der Waals surface area contributed by atoms with Crippen molar-refractivity contribution in [3.8, 4) is 0 Å². The normalized spacial score (nSPS) is 11.9. The van der Waals surface area contributed by atoms with E-state index in [1.807, 2.05) is 6.92 Å². The third-order valence-electron chi connectivity index (χ3n) is 2.35. The lowest BCUT2D eigenvalue weighted by molar-refractivity contribution is -0.149. The minimum absolute atomic E-state index is 0.0885. The molecule has 0 spiro atoms. The summed E-state index contributed by atoms with van der Waals surface area (Å²) in [6.45, 7) is 6.35. The van der Waals surface area contributed by atoms with Gasteiger partial charge in [-0.25, -0.2) is 0 Å². The van der Waals surface area contributed by atoms with Crippen LogP contribution in [0.1, 0.15) is 46.5 Å². The van der Waals surface area contributed by atoms with E-state index in [4.69, 9.17) is 9.47 Å². The van der Waals surface area contributed by atoms with E-state index in [-0.39, 0.29) is 17.9 Å². The summed E-state index contributed by atoms with van der Waals surface area (Å²) in [6.07, 6.45) is 2.50. The van der Waals surface area contributed by atoms with Gasteiger partial charge in [0, 0.05) is 6.42 Å². The van der Waals surface area contributed by atoms with Gasteiger partial charge in [-0.2, -0.15) is 0 Å². The van der Waals surface area contributed by atoms with E-state index < -0.39 is 0 Å². The van der Waals surface area contributed by atoms with Crippen molar-refractivity contribution in [2.75, 3.05) is 13.2 Å². The largest absolute Gasteiger partial charge is 0.466 e. The lowest BCUT2D eigenvalue weighted by Crippen LogP contribution is -2.17. The molecule has 0 fully saturated rings. The molecule has 0 radical (unpaired) electrons. The van der Waals surface area contributed by atoms with Gasteiger partial charge in [0.15, 0.2) is 0 Å². The van der Waals surface area contributed by atoms with E-state index in [9.17, 15) is 9.59 Å². The van der Waals surface area contributed by atoms with E-state index in [1.54, 1.807) is 13.8 Å². The average Bonchev–Trinajstić information content (AvgIpc) is 2.25. The third-order valence-corrected chi connectivity index (χ3v) is 2.35. The van der Waals surface area contributed by atoms with Crippen LogP contribution in [0.4, 0.5) is 0 Å². The van der Waals surface area contributed by atoms with Crippen molar-refractivity contribution in [1.29, 1.82) is 0 Å². The summed E-state index contributed by atoms with van der Waals surface area (Å²) in [6, 6.07) is 0. The highest BCUT2D eigenvalue weighted by molar-refractivity contribution is 5.72. The van der Waals surface area contributed by atoms with E-state index >= 15 is 0 Å². The van der Waals surface area contributed by atoms with Crippen LogP contribution in [0.3, 0.4) is 0 Å². The summed E-state index contributed by atoms with van der Waals surface area (Å²) in [5.41, 5.74) is 0. The van der Waals surface area contributed by atoms with E-state index in [2.05, 4.69) is 0 Å². The molecule has 0 saturated heterocycles. The second-order valence-electron chi connectivity index (χ2n) is 3.55. The zero-order valence-electron chi connectivity index (χ0n) is 10.5. The van der Waals surface area contributed by atoms with Crippen molar-refractivity contribution in [2.45, 2.75) is 46.5 Å². The minimum Gasteiger partial charge on any atom is -0.466 e. The number of rotatable bonds is 8. The summed E-state index contributed by atoms with van der Waals surface area (Å²) in [7, 11) is 0. The molecule has 4 heteroatoms. The molecule has 94 valence electrons. The molecule has 16 heavy (non-hydrogen) atoms. The van der Waals surface area contributed by atoms with Crippen molar-refractivity contribution < 1.29 is 19.1 Å². The first-order valence-electron chi connectivity index (χ1n) is 5.97. The van der Waals surface area contributed by atoms with E-state index in [0.29, 0.717) is 32.5 Å². The summed E-state index contributed by atoms with van der Waals surface area (Å²) < 4.78 is 9.76. The smallest absolute Gasteiger partial charge is 0.308 e. The maximum absolute atomic E-state index is 11.4. The molecule has 0 aliphatic rings. The van der Waals surface area contributed by atoms with Crippen molar-refractivity contribution >= 4 is 11.9 Å². The Bertz CT molecular complexity index is 213. The second-order valence-corrected chi connectivity index (χ2v) is 3.55. The van der Waals surface area contributed by atoms with Gasteiger partial charge in [-0.1, -0.05) is 6.92 Å². The first-order chi connectivity index (χ1) is 7.65. The van der Waals surface area contributed by atoms with Gasteiger partial charge in [-0.05, 0) is 33.1 Å². The topological polar surface area (TPSA) is 52.6 Å². The van der Waals surface area contributed by atoms with Gasteiger partial charge >= 0.3 is 11.9 Å². The van der Waals surface area contributed by atoms with Crippen molar-refractivity contribution in [3.63, 3.8) is 0 Å². The molecule has 0 aromatic rings. The van der Waals surface area contributed by atoms with Gasteiger partial charge in [0.25, 0.3) is 0 Å². The van der Waals surface area contributed by atoms with Crippen LogP contribution in [-0.4, -0.2) is 25.2 Å². The highest BCUT2D eigenvalue weighted by Crippen LogP contribution is 2.14. The number of ether oxygens (including phenoxy) is 2. The van der Waals surface area contributed by atoms with Crippen LogP contribution in [0, 0.1) is 5.92 Å². The van der Waals surface area contributed by atoms with Crippen molar-refractivity contribution in [2.24, 2.45) is 5.92 Å². The molecular weight excluding hydrogens is 208 g/mol. The molecule has 0 aliphatic carbocycles. The molecule has 4 nitrogen and oxygen atoms in total. The van der Waals surface area contributed by atoms with Gasteiger partial charge in [0.2, 0.25) is 0 Å². The van der Waals surface area contributed by atoms with Crippen LogP contribution in [0.2, 0.25) is 0 Å². The lowest BCUT2D eigenvalue weighted by Gasteiger charge is -2.12. The van der Waals surface area contributed by atoms with Crippen LogP contribution in [0.25, 0.3) is 0 Å². The Hall–Kier alpha value is -1.06. The highest BCUT2D eigenvalue weighted by atomic mass is 16.5. The Labute approximate surface area is 97.3 Å². The number of hydrogen-bond donors (Lipinski definition) is 0. The SMILES string of the molecule is CCOC(=O)CCCC(CC)C(=O)OCC. The van der Waals surface area contributed by atoms with E-state index in [1.165, 1.54) is 0 Å². The number of carbonyl (C=O) groups excluding carboxylic acids is 2. The summed E-state index contributed by atoms with van der Waals surface area (Å²) in [5.74, 6) is -0.440. The molecule has 0 aromatic heterocycles. The molecule has 0 saturated carbocycles. The standard InChI is InChI=1S/C12H22O4/c1-4-10(12(14)16-6-3)8-7-9-11(13)15-5-2/h10H,4-9H2,1-3H3. The fourth-order valence-corrected chi connectivity index (χ4v) is 1.47. The molecule has 0 heterocycles. The van der Waals surface area contributed by atoms with Crippen molar-refractivity contribution in [3.05, 3.63) is 0 Å². The molecule has 1 unspecified atom stereocenters. The van der Waals surface area contributed by atoms with Gasteiger partial charge in [0.05, 0.1) is 19.1 Å². The molecular formula is C12H22O4. The lowest BCUT2D eigenvalue weighted by atomic mass is 9.99. The Morgan fingerprint density at radius 1 is 1.06 bits per heavy atom. The first kappa shape index (κ1) is 14.9. The van der Waals surface area contributed by atoms with Crippen LogP contribution in [0.5, 0.6) is 0 Å². The molecule has 0 N–H and O–H groups in total. The summed E-state index contributed by atoms with van der Waals surface area (Å²) in [5, 5.41) is 0. The maximum atomic E-state index is 11.4. The van der Waals surface area contributed by atoms with Crippen LogP contribution >= 0.6 is 0 Å². The quantitative estimate of drug-likeness (QED) is 0.600. The zero-order chi connectivity index (χ0) is 12.4. The van der Waals surface area contributed by atoms with Crippen molar-refractivity contribution in [1.82, 2.24) is 0 Å². The highest BCUT2D eigenvalue weighted by Gasteiger charge is 2.17. The number of hydrogen-bond acceptors (Lipinski definition) is 4. The molecule has 1 atom stereocenters. The molecule has 0 bridgehead atoms. The monoisotopic (exact) mass is 230 g/mol. The van der Waals surface area contributed by atoms with Gasteiger partial charge in [-0.3, -0.25) is 9.59 Å². The Kier molecular flexibility index (Phi) is 8.58. The minimum atomic E-state index is -0.193. The van der Waals surface area contributed by atoms with Crippen LogP contribution < -0.4 is 0 Å². The molecule has 0 amide bonds. The molecule has 0 aliphatic heterocycles. The van der Waals surface area contributed by atoms with Gasteiger partial charge in [0.1, 0.15) is 0 Å². The fraction of sp³-hybridized carbons (Fsp3) is 0.833. The summed E-state index contributed by atoms with van der Waals surface area (Å²) in [4.78, 5) is 22.5. The fourth-order valence-electron chi connectivity index (χ4n) is 1.47. The summed E-state index contributed by atoms with van der Waals surface area (Å²) >= 11 is 0. The molecule has 0 rings (SSSR count). The third kappa shape index (κ3) is 6.43. The number of carbonyl (C=O) groups is 2. The molecule has 0 aromatic carbocycles. The van der Waals surface area contributed by atoms with Crippen LogP contribution in [0.15, 0.2) is 0 Å². The first-order valence-corrected chi connectivity index (χ1v) is 5.97.